The fourth-order valence-electron chi connectivity index (χ4n) is 5.63. The molecule has 4 aliphatic rings. The van der Waals surface area contributed by atoms with E-state index in [2.05, 4.69) is 12.1 Å². The SMILES string of the molecule is COC(=O)c1ccc(C23C[C@@H]4C[C@@H](CC(O)(C4)C2)C3)cc1. The van der Waals surface area contributed by atoms with E-state index in [4.69, 9.17) is 4.74 Å². The molecule has 0 heterocycles. The summed E-state index contributed by atoms with van der Waals surface area (Å²) in [7, 11) is 1.41. The van der Waals surface area contributed by atoms with Crippen LogP contribution in [0.5, 0.6) is 0 Å². The van der Waals surface area contributed by atoms with Crippen molar-refractivity contribution >= 4 is 5.97 Å². The van der Waals surface area contributed by atoms with Gasteiger partial charge in [-0.05, 0) is 73.5 Å². The average Bonchev–Trinajstić information content (AvgIpc) is 2.44. The van der Waals surface area contributed by atoms with E-state index in [9.17, 15) is 9.90 Å². The van der Waals surface area contributed by atoms with Gasteiger partial charge in [0.15, 0.2) is 0 Å². The Balaban J connectivity index is 1.68. The number of carbonyl (C=O) groups is 1. The summed E-state index contributed by atoms with van der Waals surface area (Å²) in [5, 5.41) is 10.8. The molecule has 1 aromatic carbocycles. The fourth-order valence-corrected chi connectivity index (χ4v) is 5.63. The van der Waals surface area contributed by atoms with Gasteiger partial charge in [0, 0.05) is 0 Å². The quantitative estimate of drug-likeness (QED) is 0.850. The third kappa shape index (κ3) is 2.02. The van der Waals surface area contributed by atoms with Crippen LogP contribution in [-0.4, -0.2) is 23.8 Å². The molecule has 2 unspecified atom stereocenters. The van der Waals surface area contributed by atoms with Gasteiger partial charge in [-0.3, -0.25) is 0 Å². The number of carbonyl (C=O) groups excluding carboxylic acids is 1. The van der Waals surface area contributed by atoms with Gasteiger partial charge in [-0.2, -0.15) is 0 Å². The largest absolute Gasteiger partial charge is 0.465 e. The van der Waals surface area contributed by atoms with Crippen molar-refractivity contribution in [3.8, 4) is 0 Å². The molecule has 21 heavy (non-hydrogen) atoms. The monoisotopic (exact) mass is 286 g/mol. The smallest absolute Gasteiger partial charge is 0.337 e. The van der Waals surface area contributed by atoms with E-state index in [1.165, 1.54) is 31.9 Å². The van der Waals surface area contributed by atoms with Crippen molar-refractivity contribution in [2.24, 2.45) is 11.8 Å². The summed E-state index contributed by atoms with van der Waals surface area (Å²) >= 11 is 0. The number of ether oxygens (including phenoxy) is 1. The molecule has 0 amide bonds. The number of aliphatic hydroxyl groups is 1. The van der Waals surface area contributed by atoms with Gasteiger partial charge in [0.1, 0.15) is 0 Å². The second kappa shape index (κ2) is 4.33. The first-order chi connectivity index (χ1) is 10.0. The lowest BCUT2D eigenvalue weighted by Crippen LogP contribution is -2.57. The van der Waals surface area contributed by atoms with Crippen LogP contribution in [0.2, 0.25) is 0 Å². The summed E-state index contributed by atoms with van der Waals surface area (Å²) < 4.78 is 4.76. The molecule has 0 saturated heterocycles. The van der Waals surface area contributed by atoms with Gasteiger partial charge in [0.25, 0.3) is 0 Å². The molecule has 0 aliphatic heterocycles. The maximum atomic E-state index is 11.6. The number of hydrogen-bond acceptors (Lipinski definition) is 3. The summed E-state index contributed by atoms with van der Waals surface area (Å²) in [5.41, 5.74) is 1.59. The Bertz CT molecular complexity index is 561. The Labute approximate surface area is 125 Å². The van der Waals surface area contributed by atoms with Crippen LogP contribution in [0.4, 0.5) is 0 Å². The van der Waals surface area contributed by atoms with E-state index in [1.54, 1.807) is 0 Å². The van der Waals surface area contributed by atoms with Crippen LogP contribution in [0.15, 0.2) is 24.3 Å². The molecule has 112 valence electrons. The third-order valence-corrected chi connectivity index (χ3v) is 5.95. The Morgan fingerprint density at radius 1 is 1.14 bits per heavy atom. The van der Waals surface area contributed by atoms with Gasteiger partial charge in [-0.15, -0.1) is 0 Å². The van der Waals surface area contributed by atoms with Gasteiger partial charge >= 0.3 is 5.97 Å². The Morgan fingerprint density at radius 3 is 2.29 bits per heavy atom. The molecule has 4 aliphatic carbocycles. The molecule has 4 fully saturated rings. The maximum Gasteiger partial charge on any atom is 0.337 e. The summed E-state index contributed by atoms with van der Waals surface area (Å²) in [6.07, 6.45) is 6.57. The molecule has 0 aromatic heterocycles. The Hall–Kier alpha value is -1.35. The van der Waals surface area contributed by atoms with Crippen LogP contribution in [0.1, 0.15) is 54.4 Å². The van der Waals surface area contributed by atoms with E-state index in [-0.39, 0.29) is 11.4 Å². The predicted molar refractivity (Wildman–Crippen MR) is 79.1 cm³/mol. The maximum absolute atomic E-state index is 11.6. The first kappa shape index (κ1) is 13.3. The number of esters is 1. The molecule has 0 radical (unpaired) electrons. The van der Waals surface area contributed by atoms with Crippen molar-refractivity contribution in [2.75, 3.05) is 7.11 Å². The molecular weight excluding hydrogens is 264 g/mol. The molecule has 3 heteroatoms. The van der Waals surface area contributed by atoms with Crippen LogP contribution in [-0.2, 0) is 10.2 Å². The van der Waals surface area contributed by atoms with Gasteiger partial charge < -0.3 is 9.84 Å². The lowest BCUT2D eigenvalue weighted by molar-refractivity contribution is -0.137. The molecule has 4 saturated carbocycles. The Kier molecular flexibility index (Phi) is 2.74. The van der Waals surface area contributed by atoms with Gasteiger partial charge in [-0.25, -0.2) is 4.79 Å². The van der Waals surface area contributed by atoms with Crippen LogP contribution in [0.25, 0.3) is 0 Å². The number of benzene rings is 1. The minimum atomic E-state index is -0.439. The van der Waals surface area contributed by atoms with Crippen LogP contribution in [0, 0.1) is 11.8 Å². The molecule has 0 spiro atoms. The highest BCUT2D eigenvalue weighted by Gasteiger charge is 2.57. The summed E-state index contributed by atoms with van der Waals surface area (Å²) in [5.74, 6) is 1.07. The minimum absolute atomic E-state index is 0.132. The molecule has 3 nitrogen and oxygen atoms in total. The normalized spacial score (nSPS) is 40.3. The van der Waals surface area contributed by atoms with Crippen molar-refractivity contribution in [2.45, 2.75) is 49.5 Å². The lowest BCUT2D eigenvalue weighted by Gasteiger charge is -2.60. The molecular formula is C18H22O3. The molecule has 5 rings (SSSR count). The summed E-state index contributed by atoms with van der Waals surface area (Å²) in [6.45, 7) is 0. The van der Waals surface area contributed by atoms with E-state index in [0.29, 0.717) is 17.4 Å². The van der Waals surface area contributed by atoms with Crippen LogP contribution < -0.4 is 0 Å². The zero-order valence-electron chi connectivity index (χ0n) is 12.5. The number of methoxy groups -OCH3 is 1. The average molecular weight is 286 g/mol. The zero-order valence-corrected chi connectivity index (χ0v) is 12.5. The van der Waals surface area contributed by atoms with Crippen molar-refractivity contribution in [3.05, 3.63) is 35.4 Å². The standard InChI is InChI=1S/C18H22O3/c1-21-16(19)14-2-4-15(5-3-14)17-7-12-6-13(8-17)10-18(20,9-12)11-17/h2-5,12-13,20H,6-11H2,1H3/t12-,13+,17?,18?. The van der Waals surface area contributed by atoms with Crippen molar-refractivity contribution in [1.29, 1.82) is 0 Å². The van der Waals surface area contributed by atoms with Crippen molar-refractivity contribution in [1.82, 2.24) is 0 Å². The lowest BCUT2D eigenvalue weighted by atomic mass is 9.46. The second-order valence-electron chi connectivity index (χ2n) is 7.53. The zero-order chi connectivity index (χ0) is 14.7. The second-order valence-corrected chi connectivity index (χ2v) is 7.53. The topological polar surface area (TPSA) is 46.5 Å². The number of rotatable bonds is 2. The summed E-state index contributed by atoms with van der Waals surface area (Å²) in [6, 6.07) is 7.87. The van der Waals surface area contributed by atoms with E-state index in [1.807, 2.05) is 12.1 Å². The predicted octanol–water partition coefficient (Wildman–Crippen LogP) is 3.06. The highest BCUT2D eigenvalue weighted by Crippen LogP contribution is 2.62. The van der Waals surface area contributed by atoms with Gasteiger partial charge in [0.05, 0.1) is 18.3 Å². The fraction of sp³-hybridized carbons (Fsp3) is 0.611. The summed E-state index contributed by atoms with van der Waals surface area (Å²) in [4.78, 5) is 11.6. The van der Waals surface area contributed by atoms with Crippen LogP contribution >= 0.6 is 0 Å². The minimum Gasteiger partial charge on any atom is -0.465 e. The molecule has 4 atom stereocenters. The first-order valence-electron chi connectivity index (χ1n) is 7.93. The highest BCUT2D eigenvalue weighted by molar-refractivity contribution is 5.89. The van der Waals surface area contributed by atoms with Gasteiger partial charge in [-0.1, -0.05) is 12.1 Å². The highest BCUT2D eigenvalue weighted by atomic mass is 16.5. The van der Waals surface area contributed by atoms with Crippen LogP contribution in [0.3, 0.4) is 0 Å². The van der Waals surface area contributed by atoms with Crippen molar-refractivity contribution < 1.29 is 14.6 Å². The van der Waals surface area contributed by atoms with Gasteiger partial charge in [0.2, 0.25) is 0 Å². The first-order valence-corrected chi connectivity index (χ1v) is 7.93. The van der Waals surface area contributed by atoms with E-state index < -0.39 is 5.60 Å². The third-order valence-electron chi connectivity index (χ3n) is 5.95. The van der Waals surface area contributed by atoms with E-state index >= 15 is 0 Å². The van der Waals surface area contributed by atoms with Crippen molar-refractivity contribution in [3.63, 3.8) is 0 Å². The molecule has 4 bridgehead atoms. The molecule has 1 N–H and O–H groups in total. The number of hydrogen-bond donors (Lipinski definition) is 1. The van der Waals surface area contributed by atoms with E-state index in [0.717, 1.165) is 19.3 Å². The Morgan fingerprint density at radius 2 is 1.76 bits per heavy atom. The molecule has 1 aromatic rings.